The van der Waals surface area contributed by atoms with Gasteiger partial charge in [0.15, 0.2) is 0 Å². The molecule has 0 saturated carbocycles. The molecular weight excluding hydrogens is 300 g/mol. The summed E-state index contributed by atoms with van der Waals surface area (Å²) in [5.74, 6) is 0. The molecule has 21 heavy (non-hydrogen) atoms. The number of benzene rings is 1. The van der Waals surface area contributed by atoms with Gasteiger partial charge < -0.3 is 10.2 Å². The molecule has 1 unspecified atom stereocenters. The molecule has 0 bridgehead atoms. The fraction of sp³-hybridized carbons (Fsp3) is 0.412. The van der Waals surface area contributed by atoms with E-state index in [1.807, 2.05) is 7.05 Å². The van der Waals surface area contributed by atoms with Crippen LogP contribution in [0.3, 0.4) is 0 Å². The van der Waals surface area contributed by atoms with Crippen LogP contribution in [0.2, 0.25) is 5.02 Å². The molecule has 1 aromatic carbocycles. The van der Waals surface area contributed by atoms with E-state index in [1.54, 1.807) is 11.3 Å². The number of nitrogens with one attached hydrogen (secondary N) is 1. The Hall–Kier alpha value is -1.03. The molecule has 1 aromatic heterocycles. The molecular formula is C17H23ClN2S. The van der Waals surface area contributed by atoms with Crippen molar-refractivity contribution in [2.75, 3.05) is 11.9 Å². The van der Waals surface area contributed by atoms with Crippen molar-refractivity contribution in [1.82, 2.24) is 5.32 Å². The molecule has 1 N–H and O–H groups in total. The van der Waals surface area contributed by atoms with E-state index in [9.17, 15) is 0 Å². The highest BCUT2D eigenvalue weighted by atomic mass is 35.5. The zero-order chi connectivity index (χ0) is 15.4. The molecule has 2 aromatic rings. The molecule has 1 atom stereocenters. The first kappa shape index (κ1) is 16.3. The average Bonchev–Trinajstić information content (AvgIpc) is 2.96. The maximum absolute atomic E-state index is 6.47. The van der Waals surface area contributed by atoms with Gasteiger partial charge in [0.2, 0.25) is 0 Å². The highest BCUT2D eigenvalue weighted by Crippen LogP contribution is 2.30. The summed E-state index contributed by atoms with van der Waals surface area (Å²) in [5.41, 5.74) is 2.32. The van der Waals surface area contributed by atoms with Crippen molar-refractivity contribution in [2.45, 2.75) is 39.4 Å². The van der Waals surface area contributed by atoms with Gasteiger partial charge >= 0.3 is 0 Å². The minimum Gasteiger partial charge on any atom is -0.364 e. The third-order valence-electron chi connectivity index (χ3n) is 3.74. The van der Waals surface area contributed by atoms with E-state index >= 15 is 0 Å². The zero-order valence-corrected chi connectivity index (χ0v) is 14.6. The smallest absolute Gasteiger partial charge is 0.0525 e. The van der Waals surface area contributed by atoms with Crippen molar-refractivity contribution in [3.05, 3.63) is 51.2 Å². The molecule has 0 aliphatic carbocycles. The maximum Gasteiger partial charge on any atom is 0.0525 e. The normalized spacial score (nSPS) is 12.7. The van der Waals surface area contributed by atoms with Crippen LogP contribution < -0.4 is 10.2 Å². The minimum atomic E-state index is 0.261. The van der Waals surface area contributed by atoms with E-state index in [2.05, 4.69) is 66.7 Å². The van der Waals surface area contributed by atoms with E-state index in [1.165, 1.54) is 10.6 Å². The Morgan fingerprint density at radius 3 is 2.52 bits per heavy atom. The topological polar surface area (TPSA) is 15.3 Å². The van der Waals surface area contributed by atoms with Crippen molar-refractivity contribution in [1.29, 1.82) is 0 Å². The van der Waals surface area contributed by atoms with Crippen molar-refractivity contribution in [3.8, 4) is 0 Å². The van der Waals surface area contributed by atoms with Crippen molar-refractivity contribution >= 4 is 28.6 Å². The standard InChI is InChI=1S/C17H23ClN2S/c1-12(2)20(11-15-6-5-9-21-15)14-7-8-16(13(3)19-4)17(18)10-14/h5-10,12-13,19H,11H2,1-4H3. The summed E-state index contributed by atoms with van der Waals surface area (Å²) in [4.78, 5) is 3.75. The second-order valence-electron chi connectivity index (χ2n) is 5.52. The van der Waals surface area contributed by atoms with Gasteiger partial charge in [0.1, 0.15) is 0 Å². The minimum absolute atomic E-state index is 0.261. The SMILES string of the molecule is CNC(C)c1ccc(N(Cc2cccs2)C(C)C)cc1Cl. The molecule has 1 heterocycles. The number of nitrogens with zero attached hydrogens (tertiary/aromatic N) is 1. The number of anilines is 1. The van der Waals surface area contributed by atoms with E-state index in [0.717, 1.165) is 17.1 Å². The predicted molar refractivity (Wildman–Crippen MR) is 94.6 cm³/mol. The molecule has 2 rings (SSSR count). The Bertz CT molecular complexity index is 566. The second-order valence-corrected chi connectivity index (χ2v) is 6.96. The first-order chi connectivity index (χ1) is 10.0. The lowest BCUT2D eigenvalue weighted by Crippen LogP contribution is -2.29. The lowest BCUT2D eigenvalue weighted by Gasteiger charge is -2.29. The summed E-state index contributed by atoms with van der Waals surface area (Å²) >= 11 is 8.26. The molecule has 4 heteroatoms. The van der Waals surface area contributed by atoms with Gasteiger partial charge in [-0.2, -0.15) is 0 Å². The first-order valence-electron chi connectivity index (χ1n) is 7.28. The third kappa shape index (κ3) is 4.00. The van der Waals surface area contributed by atoms with E-state index in [-0.39, 0.29) is 6.04 Å². The van der Waals surface area contributed by atoms with E-state index in [4.69, 9.17) is 11.6 Å². The molecule has 114 valence electrons. The van der Waals surface area contributed by atoms with Crippen LogP contribution in [-0.4, -0.2) is 13.1 Å². The molecule has 0 fully saturated rings. The Labute approximate surface area is 136 Å². The molecule has 0 aliphatic heterocycles. The van der Waals surface area contributed by atoms with Crippen molar-refractivity contribution in [2.24, 2.45) is 0 Å². The highest BCUT2D eigenvalue weighted by Gasteiger charge is 2.15. The number of halogens is 1. The van der Waals surface area contributed by atoms with Crippen LogP contribution in [0.15, 0.2) is 35.7 Å². The summed E-state index contributed by atoms with van der Waals surface area (Å²) in [6.07, 6.45) is 0. The number of thiophene rings is 1. The van der Waals surface area contributed by atoms with Crippen LogP contribution in [0.25, 0.3) is 0 Å². The largest absolute Gasteiger partial charge is 0.364 e. The number of hydrogen-bond donors (Lipinski definition) is 1. The van der Waals surface area contributed by atoms with Crippen LogP contribution in [0.1, 0.15) is 37.3 Å². The Balaban J connectivity index is 2.26. The Morgan fingerprint density at radius 2 is 2.00 bits per heavy atom. The van der Waals surface area contributed by atoms with Gasteiger partial charge in [-0.25, -0.2) is 0 Å². The summed E-state index contributed by atoms with van der Waals surface area (Å²) in [7, 11) is 1.95. The second kappa shape index (κ2) is 7.30. The van der Waals surface area contributed by atoms with E-state index < -0.39 is 0 Å². The third-order valence-corrected chi connectivity index (χ3v) is 4.93. The fourth-order valence-electron chi connectivity index (χ4n) is 2.34. The quantitative estimate of drug-likeness (QED) is 0.796. The Morgan fingerprint density at radius 1 is 1.24 bits per heavy atom. The zero-order valence-electron chi connectivity index (χ0n) is 13.1. The first-order valence-corrected chi connectivity index (χ1v) is 8.54. The van der Waals surface area contributed by atoms with Gasteiger partial charge in [-0.1, -0.05) is 23.7 Å². The fourth-order valence-corrected chi connectivity index (χ4v) is 3.38. The van der Waals surface area contributed by atoms with Crippen molar-refractivity contribution in [3.63, 3.8) is 0 Å². The van der Waals surface area contributed by atoms with Gasteiger partial charge in [0, 0.05) is 27.7 Å². The molecule has 0 aliphatic rings. The molecule has 0 saturated heterocycles. The van der Waals surface area contributed by atoms with Gasteiger partial charge in [0.05, 0.1) is 6.54 Å². The summed E-state index contributed by atoms with van der Waals surface area (Å²) in [5, 5.41) is 6.18. The van der Waals surface area contributed by atoms with Crippen molar-refractivity contribution < 1.29 is 0 Å². The molecule has 0 radical (unpaired) electrons. The molecule has 0 amide bonds. The van der Waals surface area contributed by atoms with Crippen LogP contribution in [-0.2, 0) is 6.54 Å². The van der Waals surface area contributed by atoms with Gasteiger partial charge in [-0.15, -0.1) is 11.3 Å². The van der Waals surface area contributed by atoms with Crippen LogP contribution >= 0.6 is 22.9 Å². The highest BCUT2D eigenvalue weighted by molar-refractivity contribution is 7.09. The molecule has 0 spiro atoms. The summed E-state index contributed by atoms with van der Waals surface area (Å²) in [6, 6.07) is 11.3. The summed E-state index contributed by atoms with van der Waals surface area (Å²) in [6.45, 7) is 7.47. The van der Waals surface area contributed by atoms with Gasteiger partial charge in [0.25, 0.3) is 0 Å². The average molecular weight is 323 g/mol. The molecule has 2 nitrogen and oxygen atoms in total. The van der Waals surface area contributed by atoms with Crippen LogP contribution in [0.5, 0.6) is 0 Å². The number of hydrogen-bond acceptors (Lipinski definition) is 3. The lowest BCUT2D eigenvalue weighted by molar-refractivity contribution is 0.651. The van der Waals surface area contributed by atoms with Gasteiger partial charge in [-0.3, -0.25) is 0 Å². The number of rotatable bonds is 6. The predicted octanol–water partition coefficient (Wildman–Crippen LogP) is 5.10. The lowest BCUT2D eigenvalue weighted by atomic mass is 10.1. The van der Waals surface area contributed by atoms with E-state index in [0.29, 0.717) is 6.04 Å². The van der Waals surface area contributed by atoms with Gasteiger partial charge in [-0.05, 0) is 57.0 Å². The van der Waals surface area contributed by atoms with Crippen LogP contribution in [0, 0.1) is 0 Å². The van der Waals surface area contributed by atoms with Crippen LogP contribution in [0.4, 0.5) is 5.69 Å². The maximum atomic E-state index is 6.47. The Kier molecular flexibility index (Phi) is 5.68. The monoisotopic (exact) mass is 322 g/mol. The summed E-state index contributed by atoms with van der Waals surface area (Å²) < 4.78 is 0.